The lowest BCUT2D eigenvalue weighted by atomic mass is 10.0. The number of hydrogen-bond donors (Lipinski definition) is 4. The van der Waals surface area contributed by atoms with Crippen LogP contribution in [-0.2, 0) is 14.3 Å². The number of amides is 1. The zero-order chi connectivity index (χ0) is 12.3. The van der Waals surface area contributed by atoms with Crippen LogP contribution in [0.1, 0.15) is 6.92 Å². The van der Waals surface area contributed by atoms with Crippen LogP contribution in [0.5, 0.6) is 0 Å². The van der Waals surface area contributed by atoms with Crippen LogP contribution in [-0.4, -0.2) is 65.6 Å². The third kappa shape index (κ3) is 2.69. The summed E-state index contributed by atoms with van der Waals surface area (Å²) in [5.74, 6) is -0.371. The lowest BCUT2D eigenvalue weighted by molar-refractivity contribution is -0.262. The van der Waals surface area contributed by atoms with Crippen LogP contribution >= 0.6 is 0 Å². The van der Waals surface area contributed by atoms with Crippen molar-refractivity contribution in [2.75, 3.05) is 13.7 Å². The van der Waals surface area contributed by atoms with Gasteiger partial charge in [-0.3, -0.25) is 4.79 Å². The highest BCUT2D eigenvalue weighted by molar-refractivity contribution is 5.73. The van der Waals surface area contributed by atoms with Crippen LogP contribution in [0.25, 0.3) is 0 Å². The molecule has 0 unspecified atom stereocenters. The van der Waals surface area contributed by atoms with Gasteiger partial charge in [0.05, 0.1) is 6.61 Å². The van der Waals surface area contributed by atoms with E-state index in [-0.39, 0.29) is 5.91 Å². The standard InChI is InChI=1S/C9H17NO6/c1-4(12)10-6-8(14)7(13)5(3-11)16-9(6)15-2/h5-9,11,13-14H,3H2,1-2H3,(H,10,12)/t5-,6-,7+,8+,9-/m1/s1/i9+1. The fourth-order valence-electron chi connectivity index (χ4n) is 1.67. The van der Waals surface area contributed by atoms with Gasteiger partial charge in [0.25, 0.3) is 0 Å². The zero-order valence-electron chi connectivity index (χ0n) is 9.16. The predicted octanol–water partition coefficient (Wildman–Crippen LogP) is -2.42. The van der Waals surface area contributed by atoms with Gasteiger partial charge in [-0.2, -0.15) is 0 Å². The SMILES string of the molecule is CO[13C@@H]1O[C@H](CO)[C@H](O)[C@@H](O)[C@H]1NC(C)=O. The molecule has 16 heavy (non-hydrogen) atoms. The number of methoxy groups -OCH3 is 1. The fourth-order valence-corrected chi connectivity index (χ4v) is 1.67. The van der Waals surface area contributed by atoms with Gasteiger partial charge in [-0.1, -0.05) is 0 Å². The maximum absolute atomic E-state index is 10.9. The van der Waals surface area contributed by atoms with Crippen LogP contribution in [0.3, 0.4) is 0 Å². The van der Waals surface area contributed by atoms with E-state index in [1.165, 1.54) is 14.0 Å². The van der Waals surface area contributed by atoms with Gasteiger partial charge in [0.2, 0.25) is 5.91 Å². The van der Waals surface area contributed by atoms with Gasteiger partial charge in [-0.25, -0.2) is 0 Å². The Bertz CT molecular complexity index is 246. The molecule has 0 saturated carbocycles. The minimum atomic E-state index is -1.27. The average molecular weight is 236 g/mol. The number of nitrogens with one attached hydrogen (secondary N) is 1. The molecule has 0 aromatic heterocycles. The van der Waals surface area contributed by atoms with Crippen molar-refractivity contribution in [1.29, 1.82) is 0 Å². The minimum Gasteiger partial charge on any atom is -0.394 e. The lowest BCUT2D eigenvalue weighted by Crippen LogP contribution is -2.64. The molecular weight excluding hydrogens is 219 g/mol. The molecule has 1 saturated heterocycles. The Labute approximate surface area is 93.0 Å². The highest BCUT2D eigenvalue weighted by Gasteiger charge is 2.44. The first-order valence-corrected chi connectivity index (χ1v) is 4.93. The van der Waals surface area contributed by atoms with Gasteiger partial charge in [0.15, 0.2) is 6.29 Å². The molecule has 7 heteroatoms. The highest BCUT2D eigenvalue weighted by atomic mass is 16.8. The lowest BCUT2D eigenvalue weighted by Gasteiger charge is -2.41. The van der Waals surface area contributed by atoms with Crippen molar-refractivity contribution in [3.8, 4) is 0 Å². The second-order valence-corrected chi connectivity index (χ2v) is 3.67. The van der Waals surface area contributed by atoms with E-state index in [1.807, 2.05) is 0 Å². The van der Waals surface area contributed by atoms with Crippen LogP contribution in [0.4, 0.5) is 0 Å². The molecule has 0 aromatic carbocycles. The van der Waals surface area contributed by atoms with E-state index >= 15 is 0 Å². The number of carbonyl (C=O) groups excluding carboxylic acids is 1. The van der Waals surface area contributed by atoms with Gasteiger partial charge in [0.1, 0.15) is 24.4 Å². The van der Waals surface area contributed by atoms with Gasteiger partial charge >= 0.3 is 0 Å². The highest BCUT2D eigenvalue weighted by Crippen LogP contribution is 2.21. The van der Waals surface area contributed by atoms with Gasteiger partial charge in [-0.05, 0) is 0 Å². The first-order valence-electron chi connectivity index (χ1n) is 4.93. The summed E-state index contributed by atoms with van der Waals surface area (Å²) < 4.78 is 10.1. The molecule has 1 amide bonds. The van der Waals surface area contributed by atoms with Crippen LogP contribution in [0.15, 0.2) is 0 Å². The number of aliphatic hydroxyl groups excluding tert-OH is 3. The smallest absolute Gasteiger partial charge is 0.217 e. The van der Waals surface area contributed by atoms with E-state index in [0.29, 0.717) is 0 Å². The molecule has 1 aliphatic rings. The molecule has 1 fully saturated rings. The normalized spacial score (nSPS) is 39.4. The van der Waals surface area contributed by atoms with E-state index in [2.05, 4.69) is 5.32 Å². The predicted molar refractivity (Wildman–Crippen MR) is 52.4 cm³/mol. The summed E-state index contributed by atoms with van der Waals surface area (Å²) in [5, 5.41) is 30.7. The number of hydrogen-bond acceptors (Lipinski definition) is 6. The number of rotatable bonds is 3. The van der Waals surface area contributed by atoms with E-state index < -0.39 is 37.3 Å². The molecule has 0 radical (unpaired) electrons. The number of aliphatic hydroxyl groups is 3. The van der Waals surface area contributed by atoms with Crippen LogP contribution < -0.4 is 5.32 Å². The summed E-state index contributed by atoms with van der Waals surface area (Å²) in [4.78, 5) is 10.9. The largest absolute Gasteiger partial charge is 0.394 e. The van der Waals surface area contributed by atoms with Crippen molar-refractivity contribution in [2.45, 2.75) is 37.6 Å². The quantitative estimate of drug-likeness (QED) is 0.406. The molecule has 0 aliphatic carbocycles. The molecule has 0 aromatic rings. The van der Waals surface area contributed by atoms with Gasteiger partial charge in [-0.15, -0.1) is 0 Å². The third-order valence-corrected chi connectivity index (χ3v) is 2.48. The summed E-state index contributed by atoms with van der Waals surface area (Å²) >= 11 is 0. The topological polar surface area (TPSA) is 108 Å². The summed E-state index contributed by atoms with van der Waals surface area (Å²) in [6.07, 6.45) is -4.35. The Balaban J connectivity index is 2.77. The second kappa shape index (κ2) is 5.55. The summed E-state index contributed by atoms with van der Waals surface area (Å²) in [7, 11) is 1.35. The molecule has 1 heterocycles. The zero-order valence-corrected chi connectivity index (χ0v) is 9.16. The summed E-state index contributed by atoms with van der Waals surface area (Å²) in [5.41, 5.74) is 0. The second-order valence-electron chi connectivity index (χ2n) is 3.67. The van der Waals surface area contributed by atoms with Crippen molar-refractivity contribution in [1.82, 2.24) is 5.32 Å². The molecule has 0 bridgehead atoms. The van der Waals surface area contributed by atoms with Crippen LogP contribution in [0, 0.1) is 0 Å². The first kappa shape index (κ1) is 13.3. The van der Waals surface area contributed by atoms with E-state index in [0.717, 1.165) is 0 Å². The molecule has 5 atom stereocenters. The summed E-state index contributed by atoms with van der Waals surface area (Å²) in [6.45, 7) is 0.842. The van der Waals surface area contributed by atoms with Crippen molar-refractivity contribution < 1.29 is 29.6 Å². The molecule has 1 aliphatic heterocycles. The Morgan fingerprint density at radius 3 is 2.50 bits per heavy atom. The Kier molecular flexibility index (Phi) is 4.63. The van der Waals surface area contributed by atoms with E-state index in [9.17, 15) is 15.0 Å². The maximum Gasteiger partial charge on any atom is 0.217 e. The van der Waals surface area contributed by atoms with Gasteiger partial charge < -0.3 is 30.1 Å². The van der Waals surface area contributed by atoms with Crippen LogP contribution in [0.2, 0.25) is 0 Å². The van der Waals surface area contributed by atoms with E-state index in [4.69, 9.17) is 14.6 Å². The number of ether oxygens (including phenoxy) is 2. The third-order valence-electron chi connectivity index (χ3n) is 2.48. The Morgan fingerprint density at radius 1 is 1.44 bits per heavy atom. The molecule has 4 N–H and O–H groups in total. The molecule has 0 spiro atoms. The monoisotopic (exact) mass is 236 g/mol. The Hall–Kier alpha value is -0.730. The molecule has 94 valence electrons. The molecular formula is C9H17NO6. The Morgan fingerprint density at radius 2 is 2.06 bits per heavy atom. The average Bonchev–Trinajstić information content (AvgIpc) is 2.25. The molecule has 7 nitrogen and oxygen atoms in total. The van der Waals surface area contributed by atoms with Crippen molar-refractivity contribution in [3.63, 3.8) is 0 Å². The van der Waals surface area contributed by atoms with Crippen molar-refractivity contribution in [2.24, 2.45) is 0 Å². The summed E-state index contributed by atoms with van der Waals surface area (Å²) in [6, 6.07) is -0.861. The van der Waals surface area contributed by atoms with E-state index in [1.54, 1.807) is 0 Å². The van der Waals surface area contributed by atoms with Crippen molar-refractivity contribution in [3.05, 3.63) is 0 Å². The number of carbonyl (C=O) groups is 1. The fraction of sp³-hybridized carbons (Fsp3) is 0.889. The minimum absolute atomic E-state index is 0.371. The maximum atomic E-state index is 10.9. The first-order chi connectivity index (χ1) is 7.51. The van der Waals surface area contributed by atoms with Crippen molar-refractivity contribution >= 4 is 5.91 Å². The molecule has 1 rings (SSSR count). The van der Waals surface area contributed by atoms with Gasteiger partial charge in [0, 0.05) is 14.0 Å².